The van der Waals surface area contributed by atoms with E-state index in [-0.39, 0.29) is 4.32 Å². The number of thioether (sulfide) groups is 1. The van der Waals surface area contributed by atoms with Crippen molar-refractivity contribution in [2.24, 2.45) is 5.73 Å². The lowest BCUT2D eigenvalue weighted by molar-refractivity contribution is 0.339. The summed E-state index contributed by atoms with van der Waals surface area (Å²) in [6.07, 6.45) is 0. The second-order valence-electron chi connectivity index (χ2n) is 2.68. The van der Waals surface area contributed by atoms with E-state index < -0.39 is 0 Å². The summed E-state index contributed by atoms with van der Waals surface area (Å²) in [5.74, 6) is 0.689. The molecule has 0 radical (unpaired) electrons. The maximum atomic E-state index is 7.79. The Kier molecular flexibility index (Phi) is 4.58. The van der Waals surface area contributed by atoms with Crippen molar-refractivity contribution in [1.29, 1.82) is 5.41 Å². The van der Waals surface area contributed by atoms with Gasteiger partial charge in [-0.25, -0.2) is 0 Å². The molecule has 0 aliphatic carbocycles. The normalized spacial score (nSPS) is 9.67. The molecular weight excluding hydrogens is 228 g/mol. The molecule has 0 heterocycles. The molecule has 0 unspecified atom stereocenters. The molecule has 1 aromatic rings. The van der Waals surface area contributed by atoms with E-state index in [9.17, 15) is 0 Å². The van der Waals surface area contributed by atoms with Crippen LogP contribution in [0.3, 0.4) is 0 Å². The van der Waals surface area contributed by atoms with Gasteiger partial charge in [0, 0.05) is 5.56 Å². The number of ether oxygens (including phenoxy) is 1. The van der Waals surface area contributed by atoms with Gasteiger partial charge in [0.1, 0.15) is 15.1 Å². The van der Waals surface area contributed by atoms with E-state index in [1.807, 2.05) is 31.2 Å². The molecule has 0 saturated heterocycles. The molecule has 15 heavy (non-hydrogen) atoms. The molecule has 5 heteroatoms. The number of nitrogens with one attached hydrogen (secondary N) is 1. The van der Waals surface area contributed by atoms with Crippen molar-refractivity contribution in [1.82, 2.24) is 0 Å². The minimum atomic E-state index is 0.242. The van der Waals surface area contributed by atoms with Crippen LogP contribution in [0.5, 0.6) is 5.75 Å². The maximum absolute atomic E-state index is 7.79. The molecule has 0 bridgehead atoms. The third-order valence-electron chi connectivity index (χ3n) is 1.63. The molecule has 80 valence electrons. The summed E-state index contributed by atoms with van der Waals surface area (Å²) in [4.78, 5) is 0. The van der Waals surface area contributed by atoms with E-state index in [0.29, 0.717) is 17.4 Å². The monoisotopic (exact) mass is 240 g/mol. The zero-order chi connectivity index (χ0) is 11.3. The fraction of sp³-hybridized carbons (Fsp3) is 0.200. The van der Waals surface area contributed by atoms with Gasteiger partial charge in [-0.1, -0.05) is 24.4 Å². The molecule has 1 rings (SSSR count). The highest BCUT2D eigenvalue weighted by Crippen LogP contribution is 2.23. The topological polar surface area (TPSA) is 59.1 Å². The van der Waals surface area contributed by atoms with E-state index in [1.54, 1.807) is 0 Å². The molecule has 0 spiro atoms. The minimum absolute atomic E-state index is 0.242. The molecule has 0 atom stereocenters. The molecule has 0 aromatic heterocycles. The lowest BCUT2D eigenvalue weighted by atomic mass is 10.2. The number of hydrogen-bond acceptors (Lipinski definition) is 4. The van der Waals surface area contributed by atoms with E-state index in [0.717, 1.165) is 17.3 Å². The Morgan fingerprint density at radius 1 is 1.53 bits per heavy atom. The van der Waals surface area contributed by atoms with Crippen LogP contribution in [0.4, 0.5) is 0 Å². The first-order chi connectivity index (χ1) is 7.15. The predicted octanol–water partition coefficient (Wildman–Crippen LogP) is 2.39. The Morgan fingerprint density at radius 3 is 2.80 bits per heavy atom. The molecule has 3 nitrogen and oxygen atoms in total. The van der Waals surface area contributed by atoms with Crippen molar-refractivity contribution in [3.8, 4) is 5.75 Å². The van der Waals surface area contributed by atoms with Crippen molar-refractivity contribution in [2.45, 2.75) is 6.92 Å². The second-order valence-corrected chi connectivity index (χ2v) is 4.43. The molecule has 0 amide bonds. The molecule has 0 saturated carbocycles. The van der Waals surface area contributed by atoms with Crippen LogP contribution in [0.1, 0.15) is 12.5 Å². The van der Waals surface area contributed by atoms with E-state index in [1.165, 1.54) is 0 Å². The lowest BCUT2D eigenvalue weighted by Gasteiger charge is -2.09. The predicted molar refractivity (Wildman–Crippen MR) is 68.8 cm³/mol. The van der Waals surface area contributed by atoms with Gasteiger partial charge >= 0.3 is 0 Å². The first kappa shape index (κ1) is 12.0. The summed E-state index contributed by atoms with van der Waals surface area (Å²) in [6, 6.07) is 7.37. The highest BCUT2D eigenvalue weighted by atomic mass is 32.2. The average Bonchev–Trinajstić information content (AvgIpc) is 2.18. The van der Waals surface area contributed by atoms with Crippen LogP contribution in [-0.4, -0.2) is 16.0 Å². The first-order valence-corrected chi connectivity index (χ1v) is 5.65. The summed E-state index contributed by atoms with van der Waals surface area (Å²) in [5.41, 5.74) is 6.09. The number of thiocarbonyl (C=S) groups is 1. The number of hydrogen-bond donors (Lipinski definition) is 2. The SMILES string of the molecule is CCOc1ccccc1C(=N)SC(N)=S. The largest absolute Gasteiger partial charge is 0.493 e. The third-order valence-corrected chi connectivity index (χ3v) is 2.51. The Labute approximate surface area is 98.5 Å². The zero-order valence-electron chi connectivity index (χ0n) is 8.32. The molecule has 0 fully saturated rings. The number of nitrogens with two attached hydrogens (primary N) is 1. The summed E-state index contributed by atoms with van der Waals surface area (Å²) in [7, 11) is 0. The summed E-state index contributed by atoms with van der Waals surface area (Å²) in [6.45, 7) is 2.48. The van der Waals surface area contributed by atoms with Gasteiger partial charge in [-0.15, -0.1) is 0 Å². The molecule has 0 aliphatic rings. The highest BCUT2D eigenvalue weighted by Gasteiger charge is 2.09. The van der Waals surface area contributed by atoms with Crippen LogP contribution < -0.4 is 10.5 Å². The van der Waals surface area contributed by atoms with Crippen LogP contribution in [0.25, 0.3) is 0 Å². The van der Waals surface area contributed by atoms with Gasteiger partial charge in [0.15, 0.2) is 0 Å². The summed E-state index contributed by atoms with van der Waals surface area (Å²) >= 11 is 5.80. The smallest absolute Gasteiger partial charge is 0.137 e. The third kappa shape index (κ3) is 3.53. The number of rotatable bonds is 3. The quantitative estimate of drug-likeness (QED) is 0.484. The van der Waals surface area contributed by atoms with Crippen molar-refractivity contribution in [2.75, 3.05) is 6.61 Å². The highest BCUT2D eigenvalue weighted by molar-refractivity contribution is 8.33. The van der Waals surface area contributed by atoms with Crippen LogP contribution in [0.2, 0.25) is 0 Å². The van der Waals surface area contributed by atoms with Crippen molar-refractivity contribution in [3.05, 3.63) is 29.8 Å². The Bertz CT molecular complexity index is 379. The van der Waals surface area contributed by atoms with Crippen LogP contribution in [0, 0.1) is 5.41 Å². The summed E-state index contributed by atoms with van der Waals surface area (Å²) in [5, 5.41) is 8.11. The van der Waals surface area contributed by atoms with Crippen molar-refractivity contribution >= 4 is 33.3 Å². The van der Waals surface area contributed by atoms with Gasteiger partial charge in [-0.05, 0) is 30.8 Å². The lowest BCUT2D eigenvalue weighted by Crippen LogP contribution is -2.08. The van der Waals surface area contributed by atoms with Crippen molar-refractivity contribution in [3.63, 3.8) is 0 Å². The Hall–Kier alpha value is -1.07. The Morgan fingerprint density at radius 2 is 2.20 bits per heavy atom. The molecule has 0 aliphatic heterocycles. The van der Waals surface area contributed by atoms with Gasteiger partial charge < -0.3 is 10.5 Å². The van der Waals surface area contributed by atoms with Crippen molar-refractivity contribution < 1.29 is 4.74 Å². The van der Waals surface area contributed by atoms with Crippen LogP contribution in [-0.2, 0) is 0 Å². The summed E-state index contributed by atoms with van der Waals surface area (Å²) < 4.78 is 5.64. The first-order valence-electron chi connectivity index (χ1n) is 4.43. The number of para-hydroxylation sites is 1. The number of benzene rings is 1. The van der Waals surface area contributed by atoms with Gasteiger partial charge in [0.2, 0.25) is 0 Å². The molecule has 3 N–H and O–H groups in total. The maximum Gasteiger partial charge on any atom is 0.137 e. The fourth-order valence-corrected chi connectivity index (χ4v) is 1.82. The van der Waals surface area contributed by atoms with Crippen LogP contribution in [0.15, 0.2) is 24.3 Å². The zero-order valence-corrected chi connectivity index (χ0v) is 9.95. The molecule has 1 aromatic carbocycles. The Balaban J connectivity index is 2.91. The van der Waals surface area contributed by atoms with Gasteiger partial charge in [0.25, 0.3) is 0 Å². The van der Waals surface area contributed by atoms with Gasteiger partial charge in [0.05, 0.1) is 6.61 Å². The molecular formula is C10H12N2OS2. The van der Waals surface area contributed by atoms with Gasteiger partial charge in [-0.2, -0.15) is 0 Å². The van der Waals surface area contributed by atoms with E-state index >= 15 is 0 Å². The fourth-order valence-electron chi connectivity index (χ4n) is 1.09. The standard InChI is InChI=1S/C10H12N2OS2/c1-2-13-8-6-4-3-5-7(8)9(11)15-10(12)14/h3-6,11H,2H2,1H3,(H2,12,14). The minimum Gasteiger partial charge on any atom is -0.493 e. The van der Waals surface area contributed by atoms with Crippen LogP contribution >= 0.6 is 24.0 Å². The van der Waals surface area contributed by atoms with E-state index in [2.05, 4.69) is 0 Å². The van der Waals surface area contributed by atoms with Gasteiger partial charge in [-0.3, -0.25) is 5.41 Å². The second kappa shape index (κ2) is 5.72. The van der Waals surface area contributed by atoms with E-state index in [4.69, 9.17) is 28.1 Å². The average molecular weight is 240 g/mol.